The van der Waals surface area contributed by atoms with Crippen LogP contribution in [0, 0.1) is 5.82 Å². The number of aromatic nitrogens is 1. The second-order valence-electron chi connectivity index (χ2n) is 12.1. The highest BCUT2D eigenvalue weighted by Crippen LogP contribution is 2.42. The minimum atomic E-state index is -0.462. The van der Waals surface area contributed by atoms with Crippen LogP contribution in [0.15, 0.2) is 60.8 Å². The van der Waals surface area contributed by atoms with Gasteiger partial charge in [-0.1, -0.05) is 59.1 Å². The second kappa shape index (κ2) is 15.7. The summed E-state index contributed by atoms with van der Waals surface area (Å²) in [5.41, 5.74) is 4.58. The second-order valence-corrected chi connectivity index (χ2v) is 13.3. The van der Waals surface area contributed by atoms with Crippen LogP contribution in [0.5, 0.6) is 5.75 Å². The third kappa shape index (κ3) is 8.28. The molecule has 4 aromatic rings. The summed E-state index contributed by atoms with van der Waals surface area (Å²) >= 11 is 20.3. The number of amides is 2. The number of ether oxygens (including phenoxy) is 1. The fourth-order valence-corrected chi connectivity index (χ4v) is 7.00. The van der Waals surface area contributed by atoms with E-state index in [0.29, 0.717) is 81.4 Å². The number of hydrogen-bond acceptors (Lipinski definition) is 7. The molecule has 9 nitrogen and oxygen atoms in total. The summed E-state index contributed by atoms with van der Waals surface area (Å²) < 4.78 is 21.4. The van der Waals surface area contributed by atoms with Crippen molar-refractivity contribution >= 4 is 58.0 Å². The topological polar surface area (TPSA) is 116 Å². The number of nitrogens with zero attached hydrogens (tertiary/aromatic N) is 1. The first-order valence-electron chi connectivity index (χ1n) is 16.1. The molecule has 13 heteroatoms. The van der Waals surface area contributed by atoms with Crippen molar-refractivity contribution in [3.8, 4) is 28.1 Å². The molecule has 6 rings (SSSR count). The summed E-state index contributed by atoms with van der Waals surface area (Å²) in [6.07, 6.45) is 4.30. The van der Waals surface area contributed by atoms with Crippen LogP contribution in [0.3, 0.4) is 0 Å². The first-order chi connectivity index (χ1) is 23.7. The molecule has 256 valence electrons. The zero-order valence-electron chi connectivity index (χ0n) is 26.8. The van der Waals surface area contributed by atoms with Crippen LogP contribution in [0.2, 0.25) is 15.1 Å². The molecule has 1 aromatic heterocycles. The molecule has 3 heterocycles. The molecule has 0 unspecified atom stereocenters. The van der Waals surface area contributed by atoms with E-state index in [-0.39, 0.29) is 36.1 Å². The van der Waals surface area contributed by atoms with Crippen molar-refractivity contribution in [1.29, 1.82) is 0 Å². The van der Waals surface area contributed by atoms with Gasteiger partial charge in [-0.15, -0.1) is 0 Å². The van der Waals surface area contributed by atoms with Gasteiger partial charge >= 0.3 is 0 Å². The van der Waals surface area contributed by atoms with E-state index in [9.17, 15) is 9.59 Å². The zero-order chi connectivity index (χ0) is 34.5. The van der Waals surface area contributed by atoms with Crippen LogP contribution in [-0.4, -0.2) is 49.1 Å². The summed E-state index contributed by atoms with van der Waals surface area (Å²) in [7, 11) is 1.61. The van der Waals surface area contributed by atoms with Crippen molar-refractivity contribution in [3.63, 3.8) is 0 Å². The van der Waals surface area contributed by atoms with Crippen molar-refractivity contribution in [1.82, 2.24) is 26.3 Å². The lowest BCUT2D eigenvalue weighted by molar-refractivity contribution is -0.120. The smallest absolute Gasteiger partial charge is 0.220 e. The molecule has 49 heavy (non-hydrogen) atoms. The van der Waals surface area contributed by atoms with Gasteiger partial charge in [-0.2, -0.15) is 0 Å². The van der Waals surface area contributed by atoms with Gasteiger partial charge in [0.25, 0.3) is 0 Å². The molecular weight excluding hydrogens is 690 g/mol. The lowest BCUT2D eigenvalue weighted by Gasteiger charge is -2.17. The fraction of sp³-hybridized carbons (Fsp3) is 0.306. The number of pyridine rings is 1. The van der Waals surface area contributed by atoms with Crippen molar-refractivity contribution < 1.29 is 18.7 Å². The Labute approximate surface area is 299 Å². The van der Waals surface area contributed by atoms with Crippen molar-refractivity contribution in [3.05, 3.63) is 92.8 Å². The molecule has 2 aliphatic heterocycles. The molecule has 2 saturated heterocycles. The monoisotopic (exact) mass is 724 g/mol. The Bertz CT molecular complexity index is 1880. The van der Waals surface area contributed by atoms with E-state index in [2.05, 4.69) is 31.6 Å². The first-order valence-corrected chi connectivity index (χ1v) is 17.2. The number of hydrogen-bond donors (Lipinski definition) is 5. The SMILES string of the molecule is COc1cc(-c2nccc(-c3cccc(Nc4cc(Cl)cc(CNC[C@@H]5CCC(=O)N5)c4F)c3Cl)c2Cl)ccc1CNC[C@@H]1CCC(=O)N1. The number of methoxy groups -OCH3 is 1. The number of carbonyl (C=O) groups excluding carboxylic acids is 2. The molecule has 5 N–H and O–H groups in total. The summed E-state index contributed by atoms with van der Waals surface area (Å²) in [6, 6.07) is 16.2. The Hall–Kier alpha value is -3.93. The fourth-order valence-electron chi connectivity index (χ4n) is 6.16. The van der Waals surface area contributed by atoms with E-state index in [1.165, 1.54) is 6.07 Å². The first kappa shape index (κ1) is 34.9. The van der Waals surface area contributed by atoms with Crippen molar-refractivity contribution in [2.24, 2.45) is 0 Å². The molecular formula is C36H36Cl3FN6O3. The normalized spacial score (nSPS) is 17.2. The van der Waals surface area contributed by atoms with Gasteiger partial charge in [-0.3, -0.25) is 14.6 Å². The Balaban J connectivity index is 1.19. The molecule has 2 aliphatic rings. The van der Waals surface area contributed by atoms with Gasteiger partial charge in [0, 0.05) is 90.1 Å². The van der Waals surface area contributed by atoms with Crippen LogP contribution in [-0.2, 0) is 22.7 Å². The molecule has 0 aliphatic carbocycles. The highest BCUT2D eigenvalue weighted by atomic mass is 35.5. The number of carbonyl (C=O) groups is 2. The van der Waals surface area contributed by atoms with E-state index in [4.69, 9.17) is 39.5 Å². The van der Waals surface area contributed by atoms with Gasteiger partial charge < -0.3 is 31.3 Å². The number of nitrogens with one attached hydrogen (secondary N) is 5. The van der Waals surface area contributed by atoms with Crippen molar-refractivity contribution in [2.45, 2.75) is 50.9 Å². The number of rotatable bonds is 13. The Kier molecular flexibility index (Phi) is 11.2. The Morgan fingerprint density at radius 1 is 0.837 bits per heavy atom. The van der Waals surface area contributed by atoms with E-state index >= 15 is 4.39 Å². The van der Waals surface area contributed by atoms with Gasteiger partial charge in [0.05, 0.1) is 34.2 Å². The van der Waals surface area contributed by atoms with Gasteiger partial charge in [0.1, 0.15) is 5.75 Å². The third-order valence-electron chi connectivity index (χ3n) is 8.70. The Morgan fingerprint density at radius 3 is 2.16 bits per heavy atom. The minimum absolute atomic E-state index is 0.0249. The predicted octanol–water partition coefficient (Wildman–Crippen LogP) is 7.00. The maximum absolute atomic E-state index is 15.7. The minimum Gasteiger partial charge on any atom is -0.496 e. The lowest BCUT2D eigenvalue weighted by atomic mass is 10.0. The summed E-state index contributed by atoms with van der Waals surface area (Å²) in [5, 5.41) is 16.7. The van der Waals surface area contributed by atoms with Crippen LogP contribution in [0.25, 0.3) is 22.4 Å². The van der Waals surface area contributed by atoms with Gasteiger partial charge in [-0.05, 0) is 43.2 Å². The standard InChI is InChI=1S/C36H36Cl3FN6O3/c1-49-30-14-20(5-6-21(30)16-41-18-24-7-9-31(47)44-24)36-34(39)27(11-12-43-36)26-3-2-4-28(33(26)38)46-29-15-23(37)13-22(35(29)40)17-42-19-25-8-10-32(48)45-25/h2-6,11-15,24-25,41-42,46H,7-10,16-19H2,1H3,(H,44,47)(H,45,48)/t24-,25-/m0/s1. The van der Waals surface area contributed by atoms with Gasteiger partial charge in [0.15, 0.2) is 5.82 Å². The van der Waals surface area contributed by atoms with E-state index in [0.717, 1.165) is 24.0 Å². The van der Waals surface area contributed by atoms with Crippen LogP contribution < -0.4 is 31.3 Å². The highest BCUT2D eigenvalue weighted by molar-refractivity contribution is 6.39. The van der Waals surface area contributed by atoms with Gasteiger partial charge in [-0.25, -0.2) is 4.39 Å². The van der Waals surface area contributed by atoms with Crippen LogP contribution in [0.4, 0.5) is 15.8 Å². The average molecular weight is 726 g/mol. The molecule has 2 atom stereocenters. The predicted molar refractivity (Wildman–Crippen MR) is 192 cm³/mol. The number of halogens is 4. The maximum atomic E-state index is 15.7. The molecule has 0 saturated carbocycles. The van der Waals surface area contributed by atoms with E-state index < -0.39 is 5.82 Å². The summed E-state index contributed by atoms with van der Waals surface area (Å²) in [6.45, 7) is 2.00. The van der Waals surface area contributed by atoms with Gasteiger partial charge in [0.2, 0.25) is 11.8 Å². The largest absolute Gasteiger partial charge is 0.496 e. The highest BCUT2D eigenvalue weighted by Gasteiger charge is 2.22. The molecule has 0 spiro atoms. The Morgan fingerprint density at radius 2 is 1.51 bits per heavy atom. The molecule has 2 amide bonds. The molecule has 3 aromatic carbocycles. The van der Waals surface area contributed by atoms with Crippen molar-refractivity contribution in [2.75, 3.05) is 25.5 Å². The summed E-state index contributed by atoms with van der Waals surface area (Å²) in [4.78, 5) is 27.6. The van der Waals surface area contributed by atoms with Crippen LogP contribution >= 0.6 is 34.8 Å². The summed E-state index contributed by atoms with van der Waals surface area (Å²) in [5.74, 6) is 0.334. The van der Waals surface area contributed by atoms with Crippen LogP contribution in [0.1, 0.15) is 36.8 Å². The lowest BCUT2D eigenvalue weighted by Crippen LogP contribution is -2.35. The molecule has 0 radical (unpaired) electrons. The zero-order valence-corrected chi connectivity index (χ0v) is 29.0. The average Bonchev–Trinajstić information content (AvgIpc) is 3.71. The maximum Gasteiger partial charge on any atom is 0.220 e. The van der Waals surface area contributed by atoms with E-state index in [1.807, 2.05) is 30.3 Å². The molecule has 2 fully saturated rings. The van der Waals surface area contributed by atoms with E-state index in [1.54, 1.807) is 31.5 Å². The third-order valence-corrected chi connectivity index (χ3v) is 9.71. The molecule has 0 bridgehead atoms. The number of anilines is 2. The number of benzene rings is 3. The quantitative estimate of drug-likeness (QED) is 0.101.